The van der Waals surface area contributed by atoms with Gasteiger partial charge in [0.1, 0.15) is 22.4 Å². The topological polar surface area (TPSA) is 82.1 Å². The highest BCUT2D eigenvalue weighted by Gasteiger charge is 2.29. The van der Waals surface area contributed by atoms with Crippen molar-refractivity contribution in [2.75, 3.05) is 38.0 Å². The molecule has 0 saturated carbocycles. The molecule has 11 heteroatoms. The predicted molar refractivity (Wildman–Crippen MR) is 127 cm³/mol. The van der Waals surface area contributed by atoms with Crippen LogP contribution in [0, 0.1) is 11.6 Å². The number of benzene rings is 2. The normalized spacial score (nSPS) is 17.6. The molecule has 34 heavy (non-hydrogen) atoms. The summed E-state index contributed by atoms with van der Waals surface area (Å²) in [4.78, 5) is 17.2. The number of carbonyl (C=O) groups excluding carboxylic acids is 1. The molecule has 2 aliphatic heterocycles. The van der Waals surface area contributed by atoms with E-state index < -0.39 is 27.6 Å². The lowest BCUT2D eigenvalue weighted by molar-refractivity contribution is 0.0649. The second-order valence-electron chi connectivity index (χ2n) is 8.02. The summed E-state index contributed by atoms with van der Waals surface area (Å²) in [5.41, 5.74) is 1.12. The number of hydrogen-bond donors (Lipinski definition) is 1. The molecule has 2 aliphatic rings. The minimum atomic E-state index is -3.86. The number of carbonyl (C=O) groups is 1. The summed E-state index contributed by atoms with van der Waals surface area (Å²) in [6, 6.07) is 12.0. The van der Waals surface area contributed by atoms with E-state index in [0.717, 1.165) is 22.6 Å². The van der Waals surface area contributed by atoms with Gasteiger partial charge in [0.05, 0.1) is 17.8 Å². The average molecular weight is 503 g/mol. The highest BCUT2D eigenvalue weighted by molar-refractivity contribution is 7.90. The first-order chi connectivity index (χ1) is 16.3. The molecular formula is C23H20F2N4O3S2. The minimum absolute atomic E-state index is 0.138. The van der Waals surface area contributed by atoms with E-state index in [2.05, 4.69) is 9.71 Å². The Balaban J connectivity index is 1.25. The van der Waals surface area contributed by atoms with E-state index in [-0.39, 0.29) is 17.0 Å². The molecule has 2 aromatic carbocycles. The number of amidine groups is 1. The van der Waals surface area contributed by atoms with Crippen LogP contribution in [0.15, 0.2) is 63.2 Å². The van der Waals surface area contributed by atoms with Crippen LogP contribution >= 0.6 is 11.3 Å². The van der Waals surface area contributed by atoms with E-state index in [4.69, 9.17) is 0 Å². The zero-order chi connectivity index (χ0) is 23.9. The Hall–Kier alpha value is -3.15. The van der Waals surface area contributed by atoms with Crippen molar-refractivity contribution in [2.24, 2.45) is 4.40 Å². The minimum Gasteiger partial charge on any atom is -0.341 e. The smallest absolute Gasteiger partial charge is 0.286 e. The lowest BCUT2D eigenvalue weighted by atomic mass is 10.1. The molecule has 0 radical (unpaired) electrons. The van der Waals surface area contributed by atoms with Crippen molar-refractivity contribution in [1.29, 1.82) is 0 Å². The van der Waals surface area contributed by atoms with Crippen molar-refractivity contribution in [3.8, 4) is 10.4 Å². The van der Waals surface area contributed by atoms with Gasteiger partial charge in [-0.25, -0.2) is 8.78 Å². The number of piperazine rings is 1. The van der Waals surface area contributed by atoms with Gasteiger partial charge < -0.3 is 10.2 Å². The first-order valence-corrected chi connectivity index (χ1v) is 12.9. The Morgan fingerprint density at radius 2 is 1.85 bits per heavy atom. The van der Waals surface area contributed by atoms with Crippen molar-refractivity contribution in [2.45, 2.75) is 4.90 Å². The molecule has 0 aliphatic carbocycles. The van der Waals surface area contributed by atoms with Gasteiger partial charge in [0.2, 0.25) is 0 Å². The maximum Gasteiger partial charge on any atom is 0.286 e. The Labute approximate surface area is 199 Å². The van der Waals surface area contributed by atoms with Crippen LogP contribution in [0.25, 0.3) is 10.4 Å². The maximum absolute atomic E-state index is 14.0. The molecule has 0 atom stereocenters. The molecule has 0 bridgehead atoms. The lowest BCUT2D eigenvalue weighted by Crippen LogP contribution is -2.50. The van der Waals surface area contributed by atoms with Crippen LogP contribution in [0.1, 0.15) is 10.4 Å². The lowest BCUT2D eigenvalue weighted by Gasteiger charge is -2.35. The van der Waals surface area contributed by atoms with Gasteiger partial charge in [-0.15, -0.1) is 15.7 Å². The first-order valence-electron chi connectivity index (χ1n) is 10.6. The van der Waals surface area contributed by atoms with Crippen LogP contribution in [0.3, 0.4) is 0 Å². The number of amides is 1. The summed E-state index contributed by atoms with van der Waals surface area (Å²) in [5.74, 6) is -1.82. The molecule has 1 amide bonds. The molecule has 3 aromatic rings. The van der Waals surface area contributed by atoms with Gasteiger partial charge in [0.15, 0.2) is 0 Å². The number of rotatable bonds is 4. The third kappa shape index (κ3) is 4.46. The van der Waals surface area contributed by atoms with Crippen molar-refractivity contribution < 1.29 is 22.0 Å². The van der Waals surface area contributed by atoms with Crippen LogP contribution in [0.5, 0.6) is 0 Å². The number of sulfonamides is 1. The van der Waals surface area contributed by atoms with E-state index in [9.17, 15) is 22.0 Å². The fourth-order valence-electron chi connectivity index (χ4n) is 4.03. The fraction of sp³-hybridized carbons (Fsp3) is 0.217. The molecule has 7 nitrogen and oxygen atoms in total. The van der Waals surface area contributed by atoms with Gasteiger partial charge in [-0.1, -0.05) is 12.1 Å². The molecule has 1 N–H and O–H groups in total. The molecule has 1 saturated heterocycles. The van der Waals surface area contributed by atoms with E-state index in [1.807, 2.05) is 28.5 Å². The van der Waals surface area contributed by atoms with Gasteiger partial charge >= 0.3 is 0 Å². The number of fused-ring (bicyclic) bond motifs is 1. The summed E-state index contributed by atoms with van der Waals surface area (Å²) in [6.45, 7) is 1.84. The maximum atomic E-state index is 14.0. The van der Waals surface area contributed by atoms with Crippen LogP contribution in [0.2, 0.25) is 0 Å². The highest BCUT2D eigenvalue weighted by Crippen LogP contribution is 2.33. The summed E-state index contributed by atoms with van der Waals surface area (Å²) >= 11 is 1.53. The zero-order valence-electron chi connectivity index (χ0n) is 17.9. The van der Waals surface area contributed by atoms with Gasteiger partial charge in [-0.3, -0.25) is 9.69 Å². The molecule has 0 spiro atoms. The Kier molecular flexibility index (Phi) is 5.92. The molecule has 1 aromatic heterocycles. The summed E-state index contributed by atoms with van der Waals surface area (Å²) < 4.78 is 56.7. The monoisotopic (exact) mass is 502 g/mol. The van der Waals surface area contributed by atoms with Crippen molar-refractivity contribution in [1.82, 2.24) is 9.80 Å². The number of halogens is 2. The van der Waals surface area contributed by atoms with Crippen LogP contribution in [0.4, 0.5) is 14.5 Å². The summed E-state index contributed by atoms with van der Waals surface area (Å²) in [5, 5.41) is 5.04. The number of thiophene rings is 1. The fourth-order valence-corrected chi connectivity index (χ4v) is 5.92. The van der Waals surface area contributed by atoms with Gasteiger partial charge in [0.25, 0.3) is 15.9 Å². The third-order valence-electron chi connectivity index (χ3n) is 5.77. The van der Waals surface area contributed by atoms with Gasteiger partial charge in [-0.2, -0.15) is 8.42 Å². The predicted octanol–water partition coefficient (Wildman–Crippen LogP) is 3.66. The van der Waals surface area contributed by atoms with E-state index in [1.165, 1.54) is 16.2 Å². The zero-order valence-corrected chi connectivity index (χ0v) is 19.5. The van der Waals surface area contributed by atoms with E-state index in [0.29, 0.717) is 43.8 Å². The van der Waals surface area contributed by atoms with Gasteiger partial charge in [-0.05, 0) is 41.3 Å². The quantitative estimate of drug-likeness (QED) is 0.589. The molecule has 3 heterocycles. The first kappa shape index (κ1) is 22.6. The van der Waals surface area contributed by atoms with Crippen molar-refractivity contribution in [3.05, 3.63) is 71.1 Å². The Morgan fingerprint density at radius 3 is 2.56 bits per heavy atom. The SMILES string of the molecule is O=C(c1ccc(F)cc1F)N1CCN(CC2=NS(=O)(=O)c3cc(-c4cccs4)ccc3N2)CC1. The number of anilines is 1. The standard InChI is InChI=1S/C23H20F2N4O3S2/c24-16-4-5-17(18(25)13-16)23(30)29-9-7-28(8-10-29)14-22-26-19-6-3-15(20-2-1-11-33-20)12-21(19)34(31,32)27-22/h1-6,11-13H,7-10,14H2,(H,26,27). The average Bonchev–Trinajstić information content (AvgIpc) is 3.34. The Bertz CT molecular complexity index is 1380. The van der Waals surface area contributed by atoms with Crippen molar-refractivity contribution in [3.63, 3.8) is 0 Å². The largest absolute Gasteiger partial charge is 0.341 e. The molecule has 0 unspecified atom stereocenters. The van der Waals surface area contributed by atoms with E-state index in [1.54, 1.807) is 12.1 Å². The summed E-state index contributed by atoms with van der Waals surface area (Å²) in [6.07, 6.45) is 0. The third-order valence-corrected chi connectivity index (χ3v) is 8.04. The van der Waals surface area contributed by atoms with Crippen LogP contribution in [-0.2, 0) is 10.0 Å². The van der Waals surface area contributed by atoms with Crippen molar-refractivity contribution >= 4 is 38.8 Å². The van der Waals surface area contributed by atoms with Crippen LogP contribution in [-0.4, -0.2) is 62.7 Å². The van der Waals surface area contributed by atoms with Crippen LogP contribution < -0.4 is 5.32 Å². The Morgan fingerprint density at radius 1 is 1.06 bits per heavy atom. The second kappa shape index (κ2) is 8.90. The number of hydrogen-bond acceptors (Lipinski definition) is 6. The molecule has 1 fully saturated rings. The number of nitrogens with zero attached hydrogens (tertiary/aromatic N) is 3. The summed E-state index contributed by atoms with van der Waals surface area (Å²) in [7, 11) is -3.86. The molecular weight excluding hydrogens is 482 g/mol. The highest BCUT2D eigenvalue weighted by atomic mass is 32.2. The van der Waals surface area contributed by atoms with E-state index >= 15 is 0 Å². The second-order valence-corrected chi connectivity index (χ2v) is 10.5. The molecule has 5 rings (SSSR count). The molecule has 176 valence electrons. The number of nitrogens with one attached hydrogen (secondary N) is 1. The van der Waals surface area contributed by atoms with Gasteiger partial charge in [0, 0.05) is 37.1 Å².